The summed E-state index contributed by atoms with van der Waals surface area (Å²) < 4.78 is 10.7. The highest BCUT2D eigenvalue weighted by atomic mass is 16.6. The van der Waals surface area contributed by atoms with Crippen molar-refractivity contribution in [2.45, 2.75) is 57.0 Å². The zero-order chi connectivity index (χ0) is 14.1. The van der Waals surface area contributed by atoms with E-state index in [4.69, 9.17) is 9.47 Å². The lowest BCUT2D eigenvalue weighted by Gasteiger charge is -2.24. The van der Waals surface area contributed by atoms with E-state index in [9.17, 15) is 15.3 Å². The van der Waals surface area contributed by atoms with Crippen molar-refractivity contribution in [3.05, 3.63) is 12.2 Å². The predicted octanol–water partition coefficient (Wildman–Crippen LogP) is 0.621. The van der Waals surface area contributed by atoms with E-state index in [1.54, 1.807) is 0 Å². The fourth-order valence-electron chi connectivity index (χ4n) is 2.05. The van der Waals surface area contributed by atoms with Crippen LogP contribution in [0.5, 0.6) is 0 Å². The molecular weight excluding hydrogens is 248 g/mol. The van der Waals surface area contributed by atoms with Gasteiger partial charge in [0.05, 0.1) is 19.8 Å². The quantitative estimate of drug-likeness (QED) is 0.424. The van der Waals surface area contributed by atoms with Crippen molar-refractivity contribution >= 4 is 0 Å². The first kappa shape index (κ1) is 16.6. The first-order valence-electron chi connectivity index (χ1n) is 7.05. The zero-order valence-corrected chi connectivity index (χ0v) is 11.6. The Hall–Kier alpha value is -0.460. The van der Waals surface area contributed by atoms with Gasteiger partial charge in [0.25, 0.3) is 0 Å². The van der Waals surface area contributed by atoms with E-state index in [1.807, 2.05) is 0 Å². The van der Waals surface area contributed by atoms with Gasteiger partial charge in [0, 0.05) is 0 Å². The molecule has 0 radical (unpaired) electrons. The molecule has 1 rings (SSSR count). The normalized spacial score (nSPS) is 29.2. The summed E-state index contributed by atoms with van der Waals surface area (Å²) in [6.07, 6.45) is 5.30. The second kappa shape index (κ2) is 9.44. The summed E-state index contributed by atoms with van der Waals surface area (Å²) >= 11 is 0. The van der Waals surface area contributed by atoms with Crippen LogP contribution >= 0.6 is 0 Å². The van der Waals surface area contributed by atoms with Gasteiger partial charge in [-0.25, -0.2) is 0 Å². The van der Waals surface area contributed by atoms with Crippen molar-refractivity contribution in [3.8, 4) is 0 Å². The first-order chi connectivity index (χ1) is 9.20. The third-order valence-corrected chi connectivity index (χ3v) is 3.24. The van der Waals surface area contributed by atoms with Gasteiger partial charge in [0.2, 0.25) is 0 Å². The number of hydrogen-bond acceptors (Lipinski definition) is 5. The van der Waals surface area contributed by atoms with Gasteiger partial charge >= 0.3 is 0 Å². The van der Waals surface area contributed by atoms with Crippen molar-refractivity contribution in [3.63, 3.8) is 0 Å². The minimum Gasteiger partial charge on any atom is -0.394 e. The molecule has 0 aromatic carbocycles. The van der Waals surface area contributed by atoms with Crippen LogP contribution in [0.25, 0.3) is 0 Å². The molecule has 0 aromatic rings. The van der Waals surface area contributed by atoms with Crippen molar-refractivity contribution < 1.29 is 24.8 Å². The van der Waals surface area contributed by atoms with Crippen LogP contribution in [0.4, 0.5) is 0 Å². The van der Waals surface area contributed by atoms with E-state index < -0.39 is 24.4 Å². The van der Waals surface area contributed by atoms with Crippen LogP contribution in [-0.2, 0) is 9.47 Å². The molecule has 0 amide bonds. The molecule has 1 saturated heterocycles. The van der Waals surface area contributed by atoms with Gasteiger partial charge < -0.3 is 24.8 Å². The summed E-state index contributed by atoms with van der Waals surface area (Å²) in [6, 6.07) is 0. The molecule has 19 heavy (non-hydrogen) atoms. The molecule has 5 nitrogen and oxygen atoms in total. The first-order valence-corrected chi connectivity index (χ1v) is 7.05. The molecule has 3 N–H and O–H groups in total. The predicted molar refractivity (Wildman–Crippen MR) is 71.9 cm³/mol. The maximum Gasteiger partial charge on any atom is 0.114 e. The molecule has 0 saturated carbocycles. The lowest BCUT2D eigenvalue weighted by Crippen LogP contribution is -2.42. The SMILES string of the molecule is CCCC/C=C/CCO[C@@H](CO)[C@H]1OC[C@@H](O)[C@H]1O. The minimum atomic E-state index is -0.989. The average molecular weight is 274 g/mol. The molecule has 0 aliphatic carbocycles. The lowest BCUT2D eigenvalue weighted by molar-refractivity contribution is -0.0996. The van der Waals surface area contributed by atoms with Gasteiger partial charge in [-0.3, -0.25) is 0 Å². The minimum absolute atomic E-state index is 0.0859. The second-order valence-corrected chi connectivity index (χ2v) is 4.85. The number of aliphatic hydroxyl groups excluding tert-OH is 3. The largest absolute Gasteiger partial charge is 0.394 e. The maximum absolute atomic E-state index is 9.68. The van der Waals surface area contributed by atoms with Gasteiger partial charge in [-0.2, -0.15) is 0 Å². The zero-order valence-electron chi connectivity index (χ0n) is 11.6. The van der Waals surface area contributed by atoms with E-state index >= 15 is 0 Å². The number of rotatable bonds is 9. The van der Waals surface area contributed by atoms with Gasteiger partial charge in [-0.05, 0) is 12.8 Å². The molecule has 0 spiro atoms. The van der Waals surface area contributed by atoms with E-state index in [-0.39, 0.29) is 13.2 Å². The second-order valence-electron chi connectivity index (χ2n) is 4.85. The van der Waals surface area contributed by atoms with Gasteiger partial charge in [0.1, 0.15) is 24.4 Å². The summed E-state index contributed by atoms with van der Waals surface area (Å²) in [7, 11) is 0. The van der Waals surface area contributed by atoms with E-state index in [2.05, 4.69) is 19.1 Å². The Balaban J connectivity index is 2.20. The summed E-state index contributed by atoms with van der Waals surface area (Å²) in [6.45, 7) is 2.48. The Morgan fingerprint density at radius 1 is 1.32 bits per heavy atom. The molecule has 112 valence electrons. The number of ether oxygens (including phenoxy) is 2. The van der Waals surface area contributed by atoms with Gasteiger partial charge in [0.15, 0.2) is 0 Å². The Kier molecular flexibility index (Phi) is 8.25. The monoisotopic (exact) mass is 274 g/mol. The Bertz CT molecular complexity index is 256. The number of hydrogen-bond donors (Lipinski definition) is 3. The molecule has 0 bridgehead atoms. The molecular formula is C14H26O5. The standard InChI is InChI=1S/C14H26O5/c1-2-3-4-5-6-7-8-18-12(9-15)14-13(17)11(16)10-19-14/h5-6,11-17H,2-4,7-10H2,1H3/b6-5+/t11-,12+,13-,14-/m1/s1. The highest BCUT2D eigenvalue weighted by molar-refractivity contribution is 4.89. The molecule has 4 atom stereocenters. The van der Waals surface area contributed by atoms with Crippen LogP contribution in [-0.4, -0.2) is 59.6 Å². The maximum atomic E-state index is 9.68. The number of unbranched alkanes of at least 4 members (excludes halogenated alkanes) is 2. The summed E-state index contributed by atoms with van der Waals surface area (Å²) in [5.74, 6) is 0. The van der Waals surface area contributed by atoms with Gasteiger partial charge in [-0.1, -0.05) is 31.9 Å². The number of aliphatic hydroxyl groups is 3. The van der Waals surface area contributed by atoms with E-state index in [0.29, 0.717) is 6.61 Å². The average Bonchev–Trinajstić information content (AvgIpc) is 2.74. The highest BCUT2D eigenvalue weighted by Gasteiger charge is 2.40. The molecule has 0 aromatic heterocycles. The molecule has 1 aliphatic heterocycles. The smallest absolute Gasteiger partial charge is 0.114 e. The summed E-state index contributed by atoms with van der Waals surface area (Å²) in [5, 5.41) is 28.3. The molecule has 5 heteroatoms. The van der Waals surface area contributed by atoms with Crippen molar-refractivity contribution in [2.75, 3.05) is 19.8 Å². The topological polar surface area (TPSA) is 79.2 Å². The third-order valence-electron chi connectivity index (χ3n) is 3.24. The lowest BCUT2D eigenvalue weighted by atomic mass is 10.1. The van der Waals surface area contributed by atoms with Crippen molar-refractivity contribution in [2.24, 2.45) is 0 Å². The van der Waals surface area contributed by atoms with E-state index in [1.165, 1.54) is 12.8 Å². The fraction of sp³-hybridized carbons (Fsp3) is 0.857. The Labute approximate surface area is 114 Å². The third kappa shape index (κ3) is 5.58. The van der Waals surface area contributed by atoms with Crippen LogP contribution < -0.4 is 0 Å². The van der Waals surface area contributed by atoms with Crippen molar-refractivity contribution in [1.82, 2.24) is 0 Å². The van der Waals surface area contributed by atoms with E-state index in [0.717, 1.165) is 12.8 Å². The summed E-state index contributed by atoms with van der Waals surface area (Å²) in [5.41, 5.74) is 0. The molecule has 0 unspecified atom stereocenters. The van der Waals surface area contributed by atoms with Crippen molar-refractivity contribution in [1.29, 1.82) is 0 Å². The molecule has 1 aliphatic rings. The van der Waals surface area contributed by atoms with Crippen LogP contribution in [0, 0.1) is 0 Å². The fourth-order valence-corrected chi connectivity index (χ4v) is 2.05. The van der Waals surface area contributed by atoms with Crippen LogP contribution in [0.1, 0.15) is 32.6 Å². The van der Waals surface area contributed by atoms with Crippen LogP contribution in [0.15, 0.2) is 12.2 Å². The van der Waals surface area contributed by atoms with Gasteiger partial charge in [-0.15, -0.1) is 0 Å². The molecule has 1 heterocycles. The molecule has 1 fully saturated rings. The van der Waals surface area contributed by atoms with Crippen LogP contribution in [0.3, 0.4) is 0 Å². The Morgan fingerprint density at radius 3 is 2.63 bits per heavy atom. The Morgan fingerprint density at radius 2 is 2.05 bits per heavy atom. The van der Waals surface area contributed by atoms with Crippen LogP contribution in [0.2, 0.25) is 0 Å². The summed E-state index contributed by atoms with van der Waals surface area (Å²) in [4.78, 5) is 0. The number of allylic oxidation sites excluding steroid dienone is 1. The highest BCUT2D eigenvalue weighted by Crippen LogP contribution is 2.19.